The normalized spacial score (nSPS) is 11.6. The average molecular weight is 353 g/mol. The molecule has 120 valence electrons. The smallest absolute Gasteiger partial charge is 0.328 e. The third kappa shape index (κ3) is 4.43. The second-order valence-electron chi connectivity index (χ2n) is 4.70. The molecule has 0 radical (unpaired) electrons. The number of hydrogen-bond acceptors (Lipinski definition) is 4. The Labute approximate surface area is 143 Å². The molecule has 7 heteroatoms. The van der Waals surface area contributed by atoms with Crippen LogP contribution in [0.4, 0.5) is 0 Å². The number of hydrogen-bond donors (Lipinski definition) is 1. The van der Waals surface area contributed by atoms with Crippen molar-refractivity contribution in [2.75, 3.05) is 7.11 Å². The zero-order valence-electron chi connectivity index (χ0n) is 12.3. The first-order valence-corrected chi connectivity index (χ1v) is 7.50. The molecule has 5 nitrogen and oxygen atoms in total. The Balaban J connectivity index is 2.21. The number of methoxy groups -OCH3 is 1. The number of halogens is 2. The van der Waals surface area contributed by atoms with Gasteiger partial charge in [0.2, 0.25) is 0 Å². The number of carbonyl (C=O) groups excluding carboxylic acids is 2. The van der Waals surface area contributed by atoms with Crippen LogP contribution in [0.5, 0.6) is 0 Å². The molecule has 0 aliphatic rings. The van der Waals surface area contributed by atoms with Crippen LogP contribution < -0.4 is 5.32 Å². The summed E-state index contributed by atoms with van der Waals surface area (Å²) < 4.78 is 4.75. The Kier molecular flexibility index (Phi) is 5.96. The van der Waals surface area contributed by atoms with Crippen molar-refractivity contribution in [3.8, 4) is 0 Å². The molecule has 0 spiro atoms. The summed E-state index contributed by atoms with van der Waals surface area (Å²) in [6.07, 6.45) is 3.08. The van der Waals surface area contributed by atoms with Gasteiger partial charge in [-0.1, -0.05) is 29.3 Å². The quantitative estimate of drug-likeness (QED) is 0.840. The number of pyridine rings is 1. The lowest BCUT2D eigenvalue weighted by atomic mass is 10.1. The number of ether oxygens (including phenoxy) is 1. The lowest BCUT2D eigenvalue weighted by Crippen LogP contribution is -2.43. The minimum Gasteiger partial charge on any atom is -0.467 e. The lowest BCUT2D eigenvalue weighted by molar-refractivity contribution is -0.142. The molecular weight excluding hydrogens is 339 g/mol. The molecule has 0 unspecified atom stereocenters. The highest BCUT2D eigenvalue weighted by molar-refractivity contribution is 6.36. The van der Waals surface area contributed by atoms with Crippen molar-refractivity contribution in [3.63, 3.8) is 0 Å². The molecule has 0 saturated heterocycles. The van der Waals surface area contributed by atoms with Gasteiger partial charge in [0.25, 0.3) is 5.91 Å². The van der Waals surface area contributed by atoms with E-state index in [2.05, 4.69) is 10.3 Å². The predicted molar refractivity (Wildman–Crippen MR) is 87.7 cm³/mol. The summed E-state index contributed by atoms with van der Waals surface area (Å²) in [6.45, 7) is 0. The molecule has 1 N–H and O–H groups in total. The molecule has 1 heterocycles. The second-order valence-corrected chi connectivity index (χ2v) is 5.51. The number of nitrogens with one attached hydrogen (secondary N) is 1. The van der Waals surface area contributed by atoms with Gasteiger partial charge in [-0.15, -0.1) is 0 Å². The van der Waals surface area contributed by atoms with Crippen molar-refractivity contribution in [1.82, 2.24) is 10.3 Å². The topological polar surface area (TPSA) is 68.3 Å². The molecule has 23 heavy (non-hydrogen) atoms. The first-order valence-electron chi connectivity index (χ1n) is 6.74. The van der Waals surface area contributed by atoms with E-state index < -0.39 is 17.9 Å². The van der Waals surface area contributed by atoms with Crippen LogP contribution in [0.15, 0.2) is 42.7 Å². The van der Waals surface area contributed by atoms with Crippen LogP contribution in [0.3, 0.4) is 0 Å². The Morgan fingerprint density at radius 2 is 1.91 bits per heavy atom. The number of esters is 1. The Morgan fingerprint density at radius 3 is 2.48 bits per heavy atom. The standard InChI is InChI=1S/C16H14Cl2N2O3/c1-23-16(22)14(8-11-12(17)5-2-6-13(11)18)20-15(21)10-4-3-7-19-9-10/h2-7,9,14H,8H2,1H3,(H,20,21)/t14-/m0/s1. The molecule has 1 aromatic heterocycles. The third-order valence-corrected chi connectivity index (χ3v) is 3.89. The van der Waals surface area contributed by atoms with Crippen LogP contribution in [0.2, 0.25) is 10.0 Å². The molecule has 0 bridgehead atoms. The largest absolute Gasteiger partial charge is 0.467 e. The van der Waals surface area contributed by atoms with Crippen LogP contribution >= 0.6 is 23.2 Å². The highest BCUT2D eigenvalue weighted by Gasteiger charge is 2.24. The summed E-state index contributed by atoms with van der Waals surface area (Å²) in [5.41, 5.74) is 0.907. The van der Waals surface area contributed by atoms with Crippen molar-refractivity contribution in [1.29, 1.82) is 0 Å². The Bertz CT molecular complexity index is 687. The van der Waals surface area contributed by atoms with E-state index in [0.29, 0.717) is 21.2 Å². The van der Waals surface area contributed by atoms with E-state index in [-0.39, 0.29) is 6.42 Å². The molecule has 0 aliphatic carbocycles. The molecule has 2 rings (SSSR count). The maximum Gasteiger partial charge on any atom is 0.328 e. The fourth-order valence-electron chi connectivity index (χ4n) is 2.01. The maximum atomic E-state index is 12.2. The number of aromatic nitrogens is 1. The summed E-state index contributed by atoms with van der Waals surface area (Å²) in [7, 11) is 1.25. The maximum absolute atomic E-state index is 12.2. The fraction of sp³-hybridized carbons (Fsp3) is 0.188. The highest BCUT2D eigenvalue weighted by atomic mass is 35.5. The van der Waals surface area contributed by atoms with Crippen LogP contribution in [-0.4, -0.2) is 30.0 Å². The van der Waals surface area contributed by atoms with Gasteiger partial charge >= 0.3 is 5.97 Å². The van der Waals surface area contributed by atoms with Crippen LogP contribution in [-0.2, 0) is 16.0 Å². The van der Waals surface area contributed by atoms with Crippen molar-refractivity contribution < 1.29 is 14.3 Å². The fourth-order valence-corrected chi connectivity index (χ4v) is 2.56. The highest BCUT2D eigenvalue weighted by Crippen LogP contribution is 2.25. The van der Waals surface area contributed by atoms with Gasteiger partial charge < -0.3 is 10.1 Å². The first-order chi connectivity index (χ1) is 11.0. The Morgan fingerprint density at radius 1 is 1.22 bits per heavy atom. The van der Waals surface area contributed by atoms with Crippen LogP contribution in [0.25, 0.3) is 0 Å². The molecule has 1 amide bonds. The number of nitrogens with zero attached hydrogens (tertiary/aromatic N) is 1. The lowest BCUT2D eigenvalue weighted by Gasteiger charge is -2.18. The van der Waals surface area contributed by atoms with E-state index in [1.807, 2.05) is 0 Å². The number of benzene rings is 1. The summed E-state index contributed by atoms with van der Waals surface area (Å²) in [5, 5.41) is 3.45. The molecular formula is C16H14Cl2N2O3. The first kappa shape index (κ1) is 17.2. The van der Waals surface area contributed by atoms with Gasteiger partial charge in [0.05, 0.1) is 12.7 Å². The monoisotopic (exact) mass is 352 g/mol. The minimum atomic E-state index is -0.912. The van der Waals surface area contributed by atoms with Gasteiger partial charge in [-0.05, 0) is 29.8 Å². The molecule has 0 aliphatic heterocycles. The van der Waals surface area contributed by atoms with E-state index in [1.54, 1.807) is 36.5 Å². The van der Waals surface area contributed by atoms with Gasteiger partial charge in [0.1, 0.15) is 6.04 Å². The SMILES string of the molecule is COC(=O)[C@H](Cc1c(Cl)cccc1Cl)NC(=O)c1cccnc1. The van der Waals surface area contributed by atoms with Gasteiger partial charge in [-0.3, -0.25) is 9.78 Å². The van der Waals surface area contributed by atoms with Gasteiger partial charge in [0.15, 0.2) is 0 Å². The minimum absolute atomic E-state index is 0.122. The van der Waals surface area contributed by atoms with E-state index >= 15 is 0 Å². The van der Waals surface area contributed by atoms with E-state index in [4.69, 9.17) is 27.9 Å². The summed E-state index contributed by atoms with van der Waals surface area (Å²) in [4.78, 5) is 28.0. The Hall–Kier alpha value is -2.11. The molecule has 1 aromatic carbocycles. The summed E-state index contributed by atoms with van der Waals surface area (Å²) >= 11 is 12.2. The molecule has 0 saturated carbocycles. The zero-order chi connectivity index (χ0) is 16.8. The summed E-state index contributed by atoms with van der Waals surface area (Å²) in [6, 6.07) is 7.35. The number of amides is 1. The second kappa shape index (κ2) is 7.94. The predicted octanol–water partition coefficient (Wildman–Crippen LogP) is 2.90. The van der Waals surface area contributed by atoms with Crippen LogP contribution in [0.1, 0.15) is 15.9 Å². The van der Waals surface area contributed by atoms with Crippen molar-refractivity contribution in [2.45, 2.75) is 12.5 Å². The van der Waals surface area contributed by atoms with Crippen LogP contribution in [0, 0.1) is 0 Å². The zero-order valence-corrected chi connectivity index (χ0v) is 13.8. The number of carbonyl (C=O) groups is 2. The van der Waals surface area contributed by atoms with Gasteiger partial charge in [-0.25, -0.2) is 4.79 Å². The van der Waals surface area contributed by atoms with Gasteiger partial charge in [-0.2, -0.15) is 0 Å². The van der Waals surface area contributed by atoms with Gasteiger partial charge in [0, 0.05) is 28.9 Å². The summed E-state index contributed by atoms with van der Waals surface area (Å²) in [5.74, 6) is -1.02. The van der Waals surface area contributed by atoms with Crippen molar-refractivity contribution in [3.05, 3.63) is 63.9 Å². The molecule has 0 fully saturated rings. The van der Waals surface area contributed by atoms with E-state index in [9.17, 15) is 9.59 Å². The van der Waals surface area contributed by atoms with Crippen molar-refractivity contribution in [2.24, 2.45) is 0 Å². The third-order valence-electron chi connectivity index (χ3n) is 3.18. The van der Waals surface area contributed by atoms with Crippen molar-refractivity contribution >= 4 is 35.1 Å². The molecule has 2 aromatic rings. The number of rotatable bonds is 5. The average Bonchev–Trinajstić information content (AvgIpc) is 2.57. The van der Waals surface area contributed by atoms with E-state index in [1.165, 1.54) is 13.3 Å². The molecule has 1 atom stereocenters. The van der Waals surface area contributed by atoms with E-state index in [0.717, 1.165) is 0 Å².